The van der Waals surface area contributed by atoms with Gasteiger partial charge < -0.3 is 9.88 Å². The van der Waals surface area contributed by atoms with Gasteiger partial charge >= 0.3 is 0 Å². The molecule has 0 saturated carbocycles. The Morgan fingerprint density at radius 3 is 2.48 bits per heavy atom. The fourth-order valence-corrected chi connectivity index (χ4v) is 3.43. The Labute approximate surface area is 178 Å². The van der Waals surface area contributed by atoms with Gasteiger partial charge in [-0.15, -0.1) is 0 Å². The Hall–Kier alpha value is -3.18. The molecule has 0 saturated heterocycles. The van der Waals surface area contributed by atoms with Crippen LogP contribution in [0.3, 0.4) is 0 Å². The highest BCUT2D eigenvalue weighted by Crippen LogP contribution is 2.19. The quantitative estimate of drug-likeness (QED) is 0.415. The van der Waals surface area contributed by atoms with Crippen LogP contribution < -0.4 is 5.32 Å². The number of hydrogen-bond acceptors (Lipinski definition) is 2. The van der Waals surface area contributed by atoms with Crippen LogP contribution in [0.2, 0.25) is 0 Å². The molecule has 4 rings (SSSR count). The van der Waals surface area contributed by atoms with Crippen LogP contribution in [-0.4, -0.2) is 15.5 Å². The largest absolute Gasteiger partial charge is 0.345 e. The summed E-state index contributed by atoms with van der Waals surface area (Å²) in [4.78, 5) is 17.0. The summed E-state index contributed by atoms with van der Waals surface area (Å²) in [6.07, 6.45) is 3.36. The molecular weight excluding hydrogens is 426 g/mol. The van der Waals surface area contributed by atoms with E-state index in [1.54, 1.807) is 12.2 Å². The van der Waals surface area contributed by atoms with Crippen LogP contribution in [0.5, 0.6) is 0 Å². The van der Waals surface area contributed by atoms with Gasteiger partial charge in [0.1, 0.15) is 5.82 Å². The number of halogens is 1. The first kappa shape index (κ1) is 19.2. The van der Waals surface area contributed by atoms with Gasteiger partial charge in [-0.1, -0.05) is 70.5 Å². The number of nitrogens with one attached hydrogen (secondary N) is 1. The summed E-state index contributed by atoms with van der Waals surface area (Å²) in [5.41, 5.74) is 4.14. The maximum Gasteiger partial charge on any atom is 0.244 e. The average Bonchev–Trinajstić information content (AvgIpc) is 3.10. The monoisotopic (exact) mass is 445 g/mol. The van der Waals surface area contributed by atoms with Crippen molar-refractivity contribution in [3.05, 3.63) is 106 Å². The molecule has 1 amide bonds. The van der Waals surface area contributed by atoms with Crippen molar-refractivity contribution in [2.75, 3.05) is 0 Å². The molecule has 4 aromatic rings. The molecule has 0 bridgehead atoms. The zero-order valence-corrected chi connectivity index (χ0v) is 17.3. The summed E-state index contributed by atoms with van der Waals surface area (Å²) in [6.45, 7) is 1.06. The smallest absolute Gasteiger partial charge is 0.244 e. The number of carbonyl (C=O) groups is 1. The molecule has 1 N–H and O–H groups in total. The summed E-state index contributed by atoms with van der Waals surface area (Å²) in [6, 6.07) is 26.0. The van der Waals surface area contributed by atoms with Gasteiger partial charge in [-0.2, -0.15) is 0 Å². The summed E-state index contributed by atoms with van der Waals surface area (Å²) in [5, 5.41) is 2.95. The molecular formula is C24H20BrN3O. The van der Waals surface area contributed by atoms with Crippen molar-refractivity contribution in [3.8, 4) is 0 Å². The molecule has 0 aliphatic heterocycles. The molecule has 0 unspecified atom stereocenters. The molecule has 5 heteroatoms. The zero-order chi connectivity index (χ0) is 20.1. The highest BCUT2D eigenvalue weighted by atomic mass is 79.9. The summed E-state index contributed by atoms with van der Waals surface area (Å²) >= 11 is 3.48. The lowest BCUT2D eigenvalue weighted by Gasteiger charge is -2.10. The summed E-state index contributed by atoms with van der Waals surface area (Å²) < 4.78 is 3.20. The normalized spacial score (nSPS) is 11.2. The van der Waals surface area contributed by atoms with Gasteiger partial charge in [0.2, 0.25) is 5.91 Å². The first-order valence-corrected chi connectivity index (χ1v) is 10.2. The van der Waals surface area contributed by atoms with Crippen molar-refractivity contribution in [1.29, 1.82) is 0 Å². The predicted molar refractivity (Wildman–Crippen MR) is 120 cm³/mol. The molecule has 0 radical (unpaired) electrons. The van der Waals surface area contributed by atoms with E-state index in [4.69, 9.17) is 4.98 Å². The van der Waals surface area contributed by atoms with Gasteiger partial charge in [0.05, 0.1) is 17.6 Å². The molecule has 0 aliphatic rings. The number of benzene rings is 3. The Balaban J connectivity index is 1.52. The van der Waals surface area contributed by atoms with E-state index in [0.717, 1.165) is 26.9 Å². The fourth-order valence-electron chi connectivity index (χ4n) is 3.17. The number of carbonyl (C=O) groups excluding carboxylic acids is 1. The van der Waals surface area contributed by atoms with Gasteiger partial charge in [0, 0.05) is 17.1 Å². The first-order valence-electron chi connectivity index (χ1n) is 9.38. The molecule has 1 heterocycles. The molecule has 4 nitrogen and oxygen atoms in total. The van der Waals surface area contributed by atoms with Crippen LogP contribution in [-0.2, 0) is 17.9 Å². The molecule has 29 heavy (non-hydrogen) atoms. The third-order valence-electron chi connectivity index (χ3n) is 4.64. The van der Waals surface area contributed by atoms with Crippen molar-refractivity contribution in [2.45, 2.75) is 13.1 Å². The van der Waals surface area contributed by atoms with Crippen molar-refractivity contribution >= 4 is 38.9 Å². The Bertz CT molecular complexity index is 1150. The SMILES string of the molecule is O=C(/C=C\c1ccccc1)NCc1nc2ccccc2n1Cc1ccc(Br)cc1. The number of para-hydroxylation sites is 2. The van der Waals surface area contributed by atoms with Gasteiger partial charge in [0.25, 0.3) is 0 Å². The average molecular weight is 446 g/mol. The minimum atomic E-state index is -0.142. The minimum Gasteiger partial charge on any atom is -0.345 e. The number of aromatic nitrogens is 2. The first-order chi connectivity index (χ1) is 14.2. The molecule has 144 valence electrons. The van der Waals surface area contributed by atoms with Gasteiger partial charge in [-0.3, -0.25) is 4.79 Å². The van der Waals surface area contributed by atoms with Crippen molar-refractivity contribution in [1.82, 2.24) is 14.9 Å². The minimum absolute atomic E-state index is 0.142. The summed E-state index contributed by atoms with van der Waals surface area (Å²) in [5.74, 6) is 0.687. The number of rotatable bonds is 6. The third-order valence-corrected chi connectivity index (χ3v) is 5.16. The predicted octanol–water partition coefficient (Wildman–Crippen LogP) is 5.18. The van der Waals surface area contributed by atoms with Crippen molar-refractivity contribution in [3.63, 3.8) is 0 Å². The number of fused-ring (bicyclic) bond motifs is 1. The molecule has 1 aromatic heterocycles. The van der Waals surface area contributed by atoms with Crippen LogP contribution in [0.15, 0.2) is 89.4 Å². The van der Waals surface area contributed by atoms with Crippen LogP contribution >= 0.6 is 15.9 Å². The Kier molecular flexibility index (Phi) is 5.86. The van der Waals surface area contributed by atoms with Gasteiger partial charge in [0.15, 0.2) is 0 Å². The van der Waals surface area contributed by atoms with E-state index in [1.165, 1.54) is 5.56 Å². The second-order valence-electron chi connectivity index (χ2n) is 6.69. The second-order valence-corrected chi connectivity index (χ2v) is 7.61. The Morgan fingerprint density at radius 2 is 1.69 bits per heavy atom. The molecule has 3 aromatic carbocycles. The number of imidazole rings is 1. The number of amides is 1. The zero-order valence-electron chi connectivity index (χ0n) is 15.8. The van der Waals surface area contributed by atoms with Crippen LogP contribution in [0.1, 0.15) is 17.0 Å². The van der Waals surface area contributed by atoms with E-state index in [-0.39, 0.29) is 5.91 Å². The van der Waals surface area contributed by atoms with E-state index < -0.39 is 0 Å². The highest BCUT2D eigenvalue weighted by Gasteiger charge is 2.11. The van der Waals surface area contributed by atoms with Gasteiger partial charge in [-0.05, 0) is 41.5 Å². The lowest BCUT2D eigenvalue weighted by Crippen LogP contribution is -2.23. The van der Waals surface area contributed by atoms with E-state index >= 15 is 0 Å². The maximum atomic E-state index is 12.3. The standard InChI is InChI=1S/C24H20BrN3O/c25-20-13-10-19(11-14-20)17-28-22-9-5-4-8-21(22)27-23(28)16-26-24(29)15-12-18-6-2-1-3-7-18/h1-15H,16-17H2,(H,26,29)/b15-12-. The lowest BCUT2D eigenvalue weighted by atomic mass is 10.2. The van der Waals surface area contributed by atoms with E-state index in [0.29, 0.717) is 13.1 Å². The van der Waals surface area contributed by atoms with E-state index in [9.17, 15) is 4.79 Å². The topological polar surface area (TPSA) is 46.9 Å². The van der Waals surface area contributed by atoms with Crippen LogP contribution in [0.25, 0.3) is 17.1 Å². The molecule has 0 fully saturated rings. The molecule has 0 atom stereocenters. The van der Waals surface area contributed by atoms with Crippen molar-refractivity contribution in [2.24, 2.45) is 0 Å². The van der Waals surface area contributed by atoms with Crippen molar-refractivity contribution < 1.29 is 4.79 Å². The van der Waals surface area contributed by atoms with E-state index in [2.05, 4.69) is 44.0 Å². The summed E-state index contributed by atoms with van der Waals surface area (Å²) in [7, 11) is 0. The number of nitrogens with zero attached hydrogens (tertiary/aromatic N) is 2. The van der Waals surface area contributed by atoms with Gasteiger partial charge in [-0.25, -0.2) is 4.98 Å². The highest BCUT2D eigenvalue weighted by molar-refractivity contribution is 9.10. The lowest BCUT2D eigenvalue weighted by molar-refractivity contribution is -0.116. The van der Waals surface area contributed by atoms with Crippen LogP contribution in [0, 0.1) is 0 Å². The second kappa shape index (κ2) is 8.88. The molecule has 0 aliphatic carbocycles. The third kappa shape index (κ3) is 4.81. The maximum absolute atomic E-state index is 12.3. The van der Waals surface area contributed by atoms with Crippen LogP contribution in [0.4, 0.5) is 0 Å². The van der Waals surface area contributed by atoms with E-state index in [1.807, 2.05) is 60.7 Å². The Morgan fingerprint density at radius 1 is 0.966 bits per heavy atom. The fraction of sp³-hybridized carbons (Fsp3) is 0.0833. The number of hydrogen-bond donors (Lipinski definition) is 1. The molecule has 0 spiro atoms.